The number of hydrogen-bond acceptors (Lipinski definition) is 3. The van der Waals surface area contributed by atoms with Crippen molar-refractivity contribution in [1.29, 1.82) is 0 Å². The van der Waals surface area contributed by atoms with Crippen LogP contribution in [0, 0.1) is 13.8 Å². The Morgan fingerprint density at radius 2 is 1.92 bits per heavy atom. The number of rotatable bonds is 6. The van der Waals surface area contributed by atoms with E-state index in [4.69, 9.17) is 4.99 Å². The summed E-state index contributed by atoms with van der Waals surface area (Å²) in [6, 6.07) is 6.71. The van der Waals surface area contributed by atoms with Gasteiger partial charge in [-0.2, -0.15) is 0 Å². The highest BCUT2D eigenvalue weighted by molar-refractivity contribution is 5.79. The van der Waals surface area contributed by atoms with Gasteiger partial charge in [-0.1, -0.05) is 29.3 Å². The normalized spacial score (nSPS) is 14.2. The van der Waals surface area contributed by atoms with Gasteiger partial charge in [0.05, 0.1) is 0 Å². The van der Waals surface area contributed by atoms with Gasteiger partial charge < -0.3 is 15.2 Å². The van der Waals surface area contributed by atoms with Crippen molar-refractivity contribution in [2.45, 2.75) is 59.5 Å². The predicted octanol–water partition coefficient (Wildman–Crippen LogP) is 2.53. The van der Waals surface area contributed by atoms with E-state index in [1.54, 1.807) is 0 Å². The molecule has 6 nitrogen and oxygen atoms in total. The summed E-state index contributed by atoms with van der Waals surface area (Å²) in [5.41, 5.74) is 3.99. The van der Waals surface area contributed by atoms with E-state index < -0.39 is 0 Å². The second-order valence-corrected chi connectivity index (χ2v) is 7.01. The number of guanidine groups is 1. The van der Waals surface area contributed by atoms with Crippen molar-refractivity contribution in [2.24, 2.45) is 4.99 Å². The summed E-state index contributed by atoms with van der Waals surface area (Å²) in [5, 5.41) is 15.4. The lowest BCUT2D eigenvalue weighted by Crippen LogP contribution is -2.38. The van der Waals surface area contributed by atoms with Crippen LogP contribution in [0.3, 0.4) is 0 Å². The van der Waals surface area contributed by atoms with Gasteiger partial charge in [-0.25, -0.2) is 4.99 Å². The molecule has 1 aliphatic rings. The van der Waals surface area contributed by atoms with E-state index in [1.165, 1.54) is 29.5 Å². The molecule has 0 amide bonds. The van der Waals surface area contributed by atoms with Crippen LogP contribution in [0.4, 0.5) is 0 Å². The first kappa shape index (κ1) is 18.4. The summed E-state index contributed by atoms with van der Waals surface area (Å²) >= 11 is 0. The molecule has 1 aliphatic heterocycles. The molecule has 2 aromatic rings. The van der Waals surface area contributed by atoms with Crippen LogP contribution in [-0.4, -0.2) is 33.8 Å². The highest BCUT2D eigenvalue weighted by atomic mass is 15.3. The summed E-state index contributed by atoms with van der Waals surface area (Å²) in [6.45, 7) is 9.65. The summed E-state index contributed by atoms with van der Waals surface area (Å²) in [7, 11) is 0. The maximum Gasteiger partial charge on any atom is 0.191 e. The van der Waals surface area contributed by atoms with Gasteiger partial charge in [-0.05, 0) is 45.6 Å². The minimum Gasteiger partial charge on any atom is -0.357 e. The Morgan fingerprint density at radius 1 is 1.12 bits per heavy atom. The van der Waals surface area contributed by atoms with E-state index in [2.05, 4.69) is 64.4 Å². The number of aliphatic imine (C=N–C) groups is 1. The second kappa shape index (κ2) is 8.83. The molecule has 0 saturated carbocycles. The Hall–Kier alpha value is -2.37. The van der Waals surface area contributed by atoms with Crippen molar-refractivity contribution in [3.63, 3.8) is 0 Å². The van der Waals surface area contributed by atoms with Gasteiger partial charge in [-0.15, -0.1) is 10.2 Å². The van der Waals surface area contributed by atoms with Crippen LogP contribution in [0.5, 0.6) is 0 Å². The summed E-state index contributed by atoms with van der Waals surface area (Å²) in [5.74, 6) is 2.91. The third-order valence-electron chi connectivity index (χ3n) is 4.65. The lowest BCUT2D eigenvalue weighted by molar-refractivity contribution is 0.508. The molecule has 2 heterocycles. The van der Waals surface area contributed by atoms with Crippen LogP contribution in [-0.2, 0) is 25.9 Å². The first-order chi connectivity index (χ1) is 12.7. The molecular weight excluding hydrogens is 324 g/mol. The Bertz CT molecular complexity index is 741. The molecule has 0 saturated heterocycles. The molecule has 0 bridgehead atoms. The molecular formula is C20H30N6. The second-order valence-electron chi connectivity index (χ2n) is 7.01. The van der Waals surface area contributed by atoms with Crippen LogP contribution in [0.2, 0.25) is 0 Å². The molecule has 0 spiro atoms. The van der Waals surface area contributed by atoms with Gasteiger partial charge in [0.1, 0.15) is 12.4 Å². The van der Waals surface area contributed by atoms with Gasteiger partial charge >= 0.3 is 0 Å². The van der Waals surface area contributed by atoms with Gasteiger partial charge in [0.2, 0.25) is 0 Å². The Kier molecular flexibility index (Phi) is 6.26. The van der Waals surface area contributed by atoms with Crippen LogP contribution < -0.4 is 10.6 Å². The minimum absolute atomic E-state index is 0.561. The number of aryl methyl sites for hydroxylation is 3. The van der Waals surface area contributed by atoms with Gasteiger partial charge in [0, 0.05) is 26.1 Å². The fourth-order valence-electron chi connectivity index (χ4n) is 3.52. The Morgan fingerprint density at radius 3 is 2.69 bits per heavy atom. The minimum atomic E-state index is 0.561. The van der Waals surface area contributed by atoms with Crippen molar-refractivity contribution in [3.8, 4) is 0 Å². The number of hydrogen-bond donors (Lipinski definition) is 2. The summed E-state index contributed by atoms with van der Waals surface area (Å²) < 4.78 is 2.23. The molecule has 3 rings (SSSR count). The molecule has 0 unspecified atom stereocenters. The van der Waals surface area contributed by atoms with E-state index in [1.807, 2.05) is 0 Å². The van der Waals surface area contributed by atoms with Crippen molar-refractivity contribution >= 4 is 5.96 Å². The zero-order valence-electron chi connectivity index (χ0n) is 16.2. The Labute approximate surface area is 156 Å². The molecule has 140 valence electrons. The number of nitrogens with zero attached hydrogens (tertiary/aromatic N) is 4. The molecule has 0 fully saturated rings. The third kappa shape index (κ3) is 4.84. The third-order valence-corrected chi connectivity index (χ3v) is 4.65. The van der Waals surface area contributed by atoms with Crippen LogP contribution in [0.15, 0.2) is 23.2 Å². The van der Waals surface area contributed by atoms with Gasteiger partial charge in [0.25, 0.3) is 0 Å². The largest absolute Gasteiger partial charge is 0.357 e. The van der Waals surface area contributed by atoms with Gasteiger partial charge in [-0.3, -0.25) is 0 Å². The van der Waals surface area contributed by atoms with Gasteiger partial charge in [0.15, 0.2) is 11.8 Å². The summed E-state index contributed by atoms with van der Waals surface area (Å²) in [6.07, 6.45) is 4.43. The van der Waals surface area contributed by atoms with Crippen molar-refractivity contribution in [3.05, 3.63) is 46.5 Å². The average molecular weight is 355 g/mol. The zero-order chi connectivity index (χ0) is 18.4. The highest BCUT2D eigenvalue weighted by Gasteiger charge is 2.15. The first-order valence-electron chi connectivity index (χ1n) is 9.66. The molecule has 0 aliphatic carbocycles. The predicted molar refractivity (Wildman–Crippen MR) is 105 cm³/mol. The van der Waals surface area contributed by atoms with Crippen LogP contribution in [0.1, 0.15) is 48.1 Å². The standard InChI is InChI=1S/C20H30N6/c1-4-21-20(22-9-8-17-12-15(2)11-16(3)13-17)23-14-19-25-24-18-7-5-6-10-26(18)19/h11-13H,4-10,14H2,1-3H3,(H2,21,22,23). The quantitative estimate of drug-likeness (QED) is 0.618. The smallest absolute Gasteiger partial charge is 0.191 e. The Balaban J connectivity index is 1.58. The fraction of sp³-hybridized carbons (Fsp3) is 0.550. The van der Waals surface area contributed by atoms with Crippen molar-refractivity contribution in [1.82, 2.24) is 25.4 Å². The number of fused-ring (bicyclic) bond motifs is 1. The zero-order valence-corrected chi connectivity index (χ0v) is 16.2. The summed E-state index contributed by atoms with van der Waals surface area (Å²) in [4.78, 5) is 4.70. The molecule has 0 atom stereocenters. The fourth-order valence-corrected chi connectivity index (χ4v) is 3.52. The molecule has 6 heteroatoms. The topological polar surface area (TPSA) is 67.1 Å². The lowest BCUT2D eigenvalue weighted by Gasteiger charge is -2.15. The highest BCUT2D eigenvalue weighted by Crippen LogP contribution is 2.14. The maximum absolute atomic E-state index is 4.70. The number of benzene rings is 1. The van der Waals surface area contributed by atoms with Crippen LogP contribution in [0.25, 0.3) is 0 Å². The lowest BCUT2D eigenvalue weighted by atomic mass is 10.1. The molecule has 2 N–H and O–H groups in total. The first-order valence-corrected chi connectivity index (χ1v) is 9.66. The van der Waals surface area contributed by atoms with E-state index in [0.717, 1.165) is 50.1 Å². The van der Waals surface area contributed by atoms with Crippen molar-refractivity contribution < 1.29 is 0 Å². The molecule has 1 aromatic heterocycles. The SMILES string of the molecule is CCNC(=NCc1nnc2n1CCCC2)NCCc1cc(C)cc(C)c1. The van der Waals surface area contributed by atoms with E-state index >= 15 is 0 Å². The monoisotopic (exact) mass is 354 g/mol. The van der Waals surface area contributed by atoms with E-state index in [-0.39, 0.29) is 0 Å². The number of nitrogens with one attached hydrogen (secondary N) is 2. The van der Waals surface area contributed by atoms with E-state index in [9.17, 15) is 0 Å². The van der Waals surface area contributed by atoms with Crippen LogP contribution >= 0.6 is 0 Å². The maximum atomic E-state index is 4.70. The van der Waals surface area contributed by atoms with E-state index in [0.29, 0.717) is 6.54 Å². The molecule has 0 radical (unpaired) electrons. The average Bonchev–Trinajstić information content (AvgIpc) is 3.02. The van der Waals surface area contributed by atoms with Crippen molar-refractivity contribution in [2.75, 3.05) is 13.1 Å². The molecule has 1 aromatic carbocycles. The number of aromatic nitrogens is 3. The molecule has 26 heavy (non-hydrogen) atoms.